The Morgan fingerprint density at radius 2 is 2.55 bits per heavy atom. The van der Waals surface area contributed by atoms with E-state index < -0.39 is 0 Å². The van der Waals surface area contributed by atoms with Crippen LogP contribution in [-0.2, 0) is 0 Å². The van der Waals surface area contributed by atoms with Crippen molar-refractivity contribution in [2.24, 2.45) is 10.9 Å². The van der Waals surface area contributed by atoms with Crippen molar-refractivity contribution in [2.75, 3.05) is 12.3 Å². The molecule has 0 spiro atoms. The van der Waals surface area contributed by atoms with Crippen molar-refractivity contribution in [3.05, 3.63) is 0 Å². The van der Waals surface area contributed by atoms with Gasteiger partial charge in [-0.2, -0.15) is 11.8 Å². The maximum atomic E-state index is 8.44. The number of hydrogen-bond acceptors (Lipinski definition) is 3. The van der Waals surface area contributed by atoms with Crippen LogP contribution in [0.4, 0.5) is 0 Å². The first kappa shape index (κ1) is 7.09. The third-order valence-corrected chi connectivity index (χ3v) is 3.69. The smallest absolute Gasteiger partial charge is 0.233 e. The number of fused-ring (bicyclic) bond motifs is 2. The molecular formula is C6H11N3OS. The van der Waals surface area contributed by atoms with Crippen LogP contribution in [0.3, 0.4) is 0 Å². The zero-order valence-corrected chi connectivity index (χ0v) is 6.92. The highest BCUT2D eigenvalue weighted by molar-refractivity contribution is 8.00. The van der Waals surface area contributed by atoms with Gasteiger partial charge >= 0.3 is 0 Å². The summed E-state index contributed by atoms with van der Waals surface area (Å²) in [6.07, 6.45) is 1.20. The van der Waals surface area contributed by atoms with Crippen molar-refractivity contribution in [1.82, 2.24) is 4.90 Å². The molecule has 2 saturated heterocycles. The van der Waals surface area contributed by atoms with E-state index in [1.54, 1.807) is 0 Å². The lowest BCUT2D eigenvalue weighted by molar-refractivity contribution is 0.296. The normalized spacial score (nSPS) is 36.7. The van der Waals surface area contributed by atoms with Crippen LogP contribution in [0.1, 0.15) is 6.42 Å². The van der Waals surface area contributed by atoms with Crippen LogP contribution in [0, 0.1) is 0 Å². The number of thioether (sulfide) groups is 1. The van der Waals surface area contributed by atoms with Crippen LogP contribution in [-0.4, -0.2) is 39.7 Å². The van der Waals surface area contributed by atoms with Gasteiger partial charge in [-0.15, -0.1) is 0 Å². The first-order chi connectivity index (χ1) is 5.31. The lowest BCUT2D eigenvalue weighted by Crippen LogP contribution is -2.43. The Kier molecular flexibility index (Phi) is 1.60. The molecule has 0 radical (unpaired) electrons. The lowest BCUT2D eigenvalue weighted by Gasteiger charge is -2.26. The Morgan fingerprint density at radius 1 is 1.73 bits per heavy atom. The van der Waals surface area contributed by atoms with E-state index in [9.17, 15) is 0 Å². The second-order valence-electron chi connectivity index (χ2n) is 2.96. The van der Waals surface area contributed by atoms with E-state index in [0.29, 0.717) is 11.3 Å². The number of likely N-dealkylation sites (tertiary alicyclic amines) is 1. The Bertz CT molecular complexity index is 196. The molecule has 0 aromatic carbocycles. The third kappa shape index (κ3) is 1.03. The van der Waals surface area contributed by atoms with Crippen molar-refractivity contribution >= 4 is 17.7 Å². The van der Waals surface area contributed by atoms with E-state index in [4.69, 9.17) is 10.9 Å². The monoisotopic (exact) mass is 173 g/mol. The van der Waals surface area contributed by atoms with Gasteiger partial charge in [0.2, 0.25) is 5.96 Å². The Balaban J connectivity index is 2.08. The maximum absolute atomic E-state index is 8.44. The SMILES string of the molecule is N/C(=N\O)N1CC2CC1CS2. The van der Waals surface area contributed by atoms with Gasteiger partial charge in [-0.25, -0.2) is 0 Å². The zero-order chi connectivity index (χ0) is 7.84. The molecule has 2 rings (SSSR count). The average molecular weight is 173 g/mol. The Morgan fingerprint density at radius 3 is 3.00 bits per heavy atom. The second-order valence-corrected chi connectivity index (χ2v) is 4.29. The molecule has 2 atom stereocenters. The van der Waals surface area contributed by atoms with Gasteiger partial charge in [0.25, 0.3) is 0 Å². The van der Waals surface area contributed by atoms with E-state index in [-0.39, 0.29) is 5.96 Å². The number of rotatable bonds is 0. The molecule has 0 aromatic heterocycles. The summed E-state index contributed by atoms with van der Waals surface area (Å²) in [4.78, 5) is 1.99. The summed E-state index contributed by atoms with van der Waals surface area (Å²) >= 11 is 1.99. The molecule has 0 saturated carbocycles. The molecule has 5 heteroatoms. The lowest BCUT2D eigenvalue weighted by atomic mass is 10.2. The largest absolute Gasteiger partial charge is 0.408 e. The Labute approximate surface area is 69.4 Å². The average Bonchev–Trinajstić information content (AvgIpc) is 2.62. The van der Waals surface area contributed by atoms with Gasteiger partial charge in [-0.3, -0.25) is 0 Å². The first-order valence-electron chi connectivity index (χ1n) is 3.67. The summed E-state index contributed by atoms with van der Waals surface area (Å²) in [5.41, 5.74) is 5.48. The minimum Gasteiger partial charge on any atom is -0.408 e. The van der Waals surface area contributed by atoms with Crippen LogP contribution in [0.15, 0.2) is 5.16 Å². The topological polar surface area (TPSA) is 61.9 Å². The number of nitrogens with two attached hydrogens (primary N) is 1. The van der Waals surface area contributed by atoms with Crippen LogP contribution in [0.2, 0.25) is 0 Å². The zero-order valence-electron chi connectivity index (χ0n) is 6.10. The molecule has 0 aromatic rings. The van der Waals surface area contributed by atoms with Gasteiger partial charge in [-0.1, -0.05) is 5.16 Å². The van der Waals surface area contributed by atoms with E-state index in [2.05, 4.69) is 5.16 Å². The van der Waals surface area contributed by atoms with E-state index >= 15 is 0 Å². The van der Waals surface area contributed by atoms with Gasteiger partial charge in [0.1, 0.15) is 0 Å². The molecule has 3 N–H and O–H groups in total. The molecule has 4 nitrogen and oxygen atoms in total. The summed E-state index contributed by atoms with van der Waals surface area (Å²) in [7, 11) is 0. The molecule has 2 bridgehead atoms. The predicted molar refractivity (Wildman–Crippen MR) is 44.8 cm³/mol. The molecule has 2 aliphatic rings. The van der Waals surface area contributed by atoms with Crippen LogP contribution in [0.5, 0.6) is 0 Å². The Hall–Kier alpha value is -0.580. The molecule has 2 heterocycles. The standard InChI is InChI=1S/C6H11N3OS/c7-6(8-10)9-2-5-1-4(9)3-11-5/h4-5,10H,1-3H2,(H2,7,8). The van der Waals surface area contributed by atoms with Gasteiger partial charge in [0.05, 0.1) is 0 Å². The summed E-state index contributed by atoms with van der Waals surface area (Å²) < 4.78 is 0. The van der Waals surface area contributed by atoms with Crippen LogP contribution < -0.4 is 5.73 Å². The second kappa shape index (κ2) is 2.48. The summed E-state index contributed by atoms with van der Waals surface area (Å²) in [6, 6.07) is 0.515. The molecule has 0 aliphatic carbocycles. The molecule has 62 valence electrons. The molecule has 2 unspecified atom stereocenters. The van der Waals surface area contributed by atoms with Crippen molar-refractivity contribution in [2.45, 2.75) is 17.7 Å². The highest BCUT2D eigenvalue weighted by atomic mass is 32.2. The number of nitrogens with zero attached hydrogens (tertiary/aromatic N) is 2. The van der Waals surface area contributed by atoms with Gasteiger partial charge in [0, 0.05) is 23.6 Å². The van der Waals surface area contributed by atoms with Gasteiger partial charge < -0.3 is 15.8 Å². The molecule has 2 fully saturated rings. The van der Waals surface area contributed by atoms with Crippen molar-refractivity contribution in [3.8, 4) is 0 Å². The fourth-order valence-electron chi connectivity index (χ4n) is 1.74. The number of oxime groups is 1. The fourth-order valence-corrected chi connectivity index (χ4v) is 3.17. The van der Waals surface area contributed by atoms with Crippen LogP contribution in [0.25, 0.3) is 0 Å². The van der Waals surface area contributed by atoms with Gasteiger partial charge in [-0.05, 0) is 6.42 Å². The van der Waals surface area contributed by atoms with Crippen molar-refractivity contribution < 1.29 is 5.21 Å². The minimum absolute atomic E-state index is 0.276. The molecule has 2 aliphatic heterocycles. The third-order valence-electron chi connectivity index (χ3n) is 2.30. The maximum Gasteiger partial charge on any atom is 0.233 e. The first-order valence-corrected chi connectivity index (χ1v) is 4.72. The van der Waals surface area contributed by atoms with Crippen molar-refractivity contribution in [1.29, 1.82) is 0 Å². The molecule has 0 amide bonds. The van der Waals surface area contributed by atoms with E-state index in [1.165, 1.54) is 6.42 Å². The van der Waals surface area contributed by atoms with E-state index in [0.717, 1.165) is 12.3 Å². The van der Waals surface area contributed by atoms with Crippen LogP contribution >= 0.6 is 11.8 Å². The van der Waals surface area contributed by atoms with Crippen molar-refractivity contribution in [3.63, 3.8) is 0 Å². The number of guanidine groups is 1. The predicted octanol–water partition coefficient (Wildman–Crippen LogP) is -0.120. The highest BCUT2D eigenvalue weighted by Crippen LogP contribution is 2.36. The number of hydrogen-bond donors (Lipinski definition) is 2. The fraction of sp³-hybridized carbons (Fsp3) is 0.833. The highest BCUT2D eigenvalue weighted by Gasteiger charge is 2.39. The summed E-state index contributed by atoms with van der Waals surface area (Å²) in [6.45, 7) is 0.950. The summed E-state index contributed by atoms with van der Waals surface area (Å²) in [5, 5.41) is 12.1. The molecular weight excluding hydrogens is 162 g/mol. The summed E-state index contributed by atoms with van der Waals surface area (Å²) in [5.74, 6) is 1.40. The molecule has 11 heavy (non-hydrogen) atoms. The van der Waals surface area contributed by atoms with Gasteiger partial charge in [0.15, 0.2) is 0 Å². The quantitative estimate of drug-likeness (QED) is 0.232. The van der Waals surface area contributed by atoms with E-state index in [1.807, 2.05) is 16.7 Å². The minimum atomic E-state index is 0.276.